The van der Waals surface area contributed by atoms with Gasteiger partial charge in [-0.05, 0) is 31.0 Å². The third-order valence-electron chi connectivity index (χ3n) is 4.66. The molecular formula is C17H19N5O4. The first-order chi connectivity index (χ1) is 12.6. The van der Waals surface area contributed by atoms with Crippen LogP contribution in [-0.2, 0) is 18.4 Å². The summed E-state index contributed by atoms with van der Waals surface area (Å²) in [6, 6.07) is 4.59. The highest BCUT2D eigenvalue weighted by atomic mass is 16.7. The van der Waals surface area contributed by atoms with Crippen LogP contribution < -0.4 is 14.8 Å². The van der Waals surface area contributed by atoms with Gasteiger partial charge in [0, 0.05) is 19.2 Å². The maximum absolute atomic E-state index is 12.9. The summed E-state index contributed by atoms with van der Waals surface area (Å²) in [6.45, 7) is 0.983. The standard InChI is InChI=1S/C17H19N5O4/c1-21-9-19-20-15(21)8-18-16(23)12-3-2-6-22(12)17(24)11-4-5-13-14(7-11)26-10-25-13/h4-5,7,9,12H,2-3,6,8,10H2,1H3,(H,18,23). The Morgan fingerprint density at radius 2 is 2.15 bits per heavy atom. The van der Waals surface area contributed by atoms with Crippen LogP contribution in [0.15, 0.2) is 24.5 Å². The van der Waals surface area contributed by atoms with Crippen molar-refractivity contribution in [3.8, 4) is 11.5 Å². The van der Waals surface area contributed by atoms with E-state index in [0.29, 0.717) is 35.9 Å². The minimum Gasteiger partial charge on any atom is -0.454 e. The number of aromatic nitrogens is 3. The Kier molecular flexibility index (Phi) is 4.19. The Labute approximate surface area is 149 Å². The highest BCUT2D eigenvalue weighted by Crippen LogP contribution is 2.33. The molecule has 1 unspecified atom stereocenters. The molecule has 1 aromatic carbocycles. The van der Waals surface area contributed by atoms with Crippen molar-refractivity contribution in [1.29, 1.82) is 0 Å². The molecule has 3 heterocycles. The summed E-state index contributed by atoms with van der Waals surface area (Å²) in [5.74, 6) is 1.48. The second-order valence-electron chi connectivity index (χ2n) is 6.30. The van der Waals surface area contributed by atoms with Gasteiger partial charge < -0.3 is 24.3 Å². The van der Waals surface area contributed by atoms with Crippen LogP contribution in [0.25, 0.3) is 0 Å². The number of fused-ring (bicyclic) bond motifs is 1. The second-order valence-corrected chi connectivity index (χ2v) is 6.30. The molecule has 2 amide bonds. The van der Waals surface area contributed by atoms with Crippen LogP contribution in [0.2, 0.25) is 0 Å². The zero-order valence-electron chi connectivity index (χ0n) is 14.3. The highest BCUT2D eigenvalue weighted by Gasteiger charge is 2.35. The van der Waals surface area contributed by atoms with Crippen molar-refractivity contribution in [3.63, 3.8) is 0 Å². The molecule has 0 spiro atoms. The fourth-order valence-electron chi connectivity index (χ4n) is 3.23. The highest BCUT2D eigenvalue weighted by molar-refractivity contribution is 5.98. The zero-order chi connectivity index (χ0) is 18.1. The minimum absolute atomic E-state index is 0.157. The van der Waals surface area contributed by atoms with E-state index in [4.69, 9.17) is 9.47 Å². The molecule has 0 aliphatic carbocycles. The molecule has 1 aromatic heterocycles. The van der Waals surface area contributed by atoms with Gasteiger partial charge in [0.1, 0.15) is 12.4 Å². The second kappa shape index (κ2) is 6.66. The first kappa shape index (κ1) is 16.4. The lowest BCUT2D eigenvalue weighted by Crippen LogP contribution is -2.45. The van der Waals surface area contributed by atoms with E-state index in [9.17, 15) is 9.59 Å². The van der Waals surface area contributed by atoms with Gasteiger partial charge in [-0.25, -0.2) is 0 Å². The number of nitrogens with zero attached hydrogens (tertiary/aromatic N) is 4. The third-order valence-corrected chi connectivity index (χ3v) is 4.66. The molecule has 1 saturated heterocycles. The fourth-order valence-corrected chi connectivity index (χ4v) is 3.23. The normalized spacial score (nSPS) is 18.2. The van der Waals surface area contributed by atoms with Crippen molar-refractivity contribution in [2.24, 2.45) is 7.05 Å². The average molecular weight is 357 g/mol. The van der Waals surface area contributed by atoms with Crippen molar-refractivity contribution in [2.75, 3.05) is 13.3 Å². The first-order valence-electron chi connectivity index (χ1n) is 8.44. The number of hydrogen-bond acceptors (Lipinski definition) is 6. The molecule has 1 fully saturated rings. The van der Waals surface area contributed by atoms with E-state index >= 15 is 0 Å². The van der Waals surface area contributed by atoms with Gasteiger partial charge in [-0.2, -0.15) is 0 Å². The molecule has 1 atom stereocenters. The van der Waals surface area contributed by atoms with Gasteiger partial charge in [0.25, 0.3) is 5.91 Å². The van der Waals surface area contributed by atoms with Gasteiger partial charge in [-0.1, -0.05) is 0 Å². The van der Waals surface area contributed by atoms with Gasteiger partial charge in [0.2, 0.25) is 12.7 Å². The number of likely N-dealkylation sites (tertiary alicyclic amines) is 1. The zero-order valence-corrected chi connectivity index (χ0v) is 14.3. The maximum Gasteiger partial charge on any atom is 0.254 e. The molecule has 0 bridgehead atoms. The summed E-state index contributed by atoms with van der Waals surface area (Å²) in [6.07, 6.45) is 3.01. The van der Waals surface area contributed by atoms with E-state index in [0.717, 1.165) is 6.42 Å². The molecule has 0 radical (unpaired) electrons. The number of carbonyl (C=O) groups is 2. The summed E-state index contributed by atoms with van der Waals surface area (Å²) in [5.41, 5.74) is 0.488. The van der Waals surface area contributed by atoms with Gasteiger partial charge in [-0.3, -0.25) is 9.59 Å². The van der Waals surface area contributed by atoms with Gasteiger partial charge in [0.05, 0.1) is 6.54 Å². The van der Waals surface area contributed by atoms with E-state index in [1.54, 1.807) is 34.0 Å². The van der Waals surface area contributed by atoms with Crippen LogP contribution in [0, 0.1) is 0 Å². The summed E-state index contributed by atoms with van der Waals surface area (Å²) in [5, 5.41) is 10.6. The molecule has 9 heteroatoms. The number of rotatable bonds is 4. The van der Waals surface area contributed by atoms with Gasteiger partial charge in [0.15, 0.2) is 17.3 Å². The van der Waals surface area contributed by atoms with Crippen LogP contribution in [-0.4, -0.2) is 50.9 Å². The summed E-state index contributed by atoms with van der Waals surface area (Å²) >= 11 is 0. The van der Waals surface area contributed by atoms with Gasteiger partial charge in [-0.15, -0.1) is 10.2 Å². The number of carbonyl (C=O) groups excluding carboxylic acids is 2. The lowest BCUT2D eigenvalue weighted by Gasteiger charge is -2.24. The number of hydrogen-bond donors (Lipinski definition) is 1. The monoisotopic (exact) mass is 357 g/mol. The molecule has 2 aromatic rings. The van der Waals surface area contributed by atoms with Gasteiger partial charge >= 0.3 is 0 Å². The molecule has 0 saturated carbocycles. The van der Waals surface area contributed by atoms with Crippen molar-refractivity contribution >= 4 is 11.8 Å². The molecule has 136 valence electrons. The quantitative estimate of drug-likeness (QED) is 0.854. The van der Waals surface area contributed by atoms with Crippen molar-refractivity contribution in [1.82, 2.24) is 25.0 Å². The van der Waals surface area contributed by atoms with E-state index in [2.05, 4.69) is 15.5 Å². The number of nitrogens with one attached hydrogen (secondary N) is 1. The Morgan fingerprint density at radius 1 is 1.31 bits per heavy atom. The Hall–Kier alpha value is -3.10. The van der Waals surface area contributed by atoms with E-state index in [1.165, 1.54) is 0 Å². The largest absolute Gasteiger partial charge is 0.454 e. The topological polar surface area (TPSA) is 98.6 Å². The van der Waals surface area contributed by atoms with Crippen molar-refractivity contribution in [2.45, 2.75) is 25.4 Å². The van der Waals surface area contributed by atoms with E-state index < -0.39 is 6.04 Å². The molecular weight excluding hydrogens is 338 g/mol. The molecule has 2 aliphatic heterocycles. The maximum atomic E-state index is 12.9. The van der Waals surface area contributed by atoms with E-state index in [1.807, 2.05) is 7.05 Å². The Bertz CT molecular complexity index is 849. The fraction of sp³-hybridized carbons (Fsp3) is 0.412. The Balaban J connectivity index is 1.44. The lowest BCUT2D eigenvalue weighted by atomic mass is 10.1. The summed E-state index contributed by atoms with van der Waals surface area (Å²) < 4.78 is 12.3. The minimum atomic E-state index is -0.485. The van der Waals surface area contributed by atoms with Crippen molar-refractivity contribution < 1.29 is 19.1 Å². The number of aryl methyl sites for hydroxylation is 1. The molecule has 26 heavy (non-hydrogen) atoms. The molecule has 4 rings (SSSR count). The molecule has 9 nitrogen and oxygen atoms in total. The van der Waals surface area contributed by atoms with Crippen molar-refractivity contribution in [3.05, 3.63) is 35.9 Å². The average Bonchev–Trinajstić information content (AvgIpc) is 3.38. The SMILES string of the molecule is Cn1cnnc1CNC(=O)C1CCCN1C(=O)c1ccc2c(c1)OCO2. The number of ether oxygens (including phenoxy) is 2. The van der Waals surface area contributed by atoms with Crippen LogP contribution in [0.4, 0.5) is 0 Å². The number of amides is 2. The van der Waals surface area contributed by atoms with Crippen LogP contribution >= 0.6 is 0 Å². The third kappa shape index (κ3) is 2.96. The first-order valence-corrected chi connectivity index (χ1v) is 8.44. The smallest absolute Gasteiger partial charge is 0.254 e. The number of benzene rings is 1. The predicted octanol–water partition coefficient (Wildman–Crippen LogP) is 0.465. The summed E-state index contributed by atoms with van der Waals surface area (Å²) in [4.78, 5) is 27.1. The molecule has 2 aliphatic rings. The van der Waals surface area contributed by atoms with Crippen LogP contribution in [0.1, 0.15) is 29.0 Å². The van der Waals surface area contributed by atoms with Crippen LogP contribution in [0.5, 0.6) is 11.5 Å². The molecule has 1 N–H and O–H groups in total. The summed E-state index contributed by atoms with van der Waals surface area (Å²) in [7, 11) is 1.81. The van der Waals surface area contributed by atoms with Crippen LogP contribution in [0.3, 0.4) is 0 Å². The lowest BCUT2D eigenvalue weighted by molar-refractivity contribution is -0.125. The Morgan fingerprint density at radius 3 is 2.96 bits per heavy atom. The predicted molar refractivity (Wildman–Crippen MR) is 89.5 cm³/mol. The van der Waals surface area contributed by atoms with E-state index in [-0.39, 0.29) is 25.2 Å².